The maximum atomic E-state index is 15.1. The van der Waals surface area contributed by atoms with Crippen molar-refractivity contribution in [1.29, 1.82) is 5.41 Å². The van der Waals surface area contributed by atoms with Gasteiger partial charge < -0.3 is 15.5 Å². The molecule has 0 spiro atoms. The summed E-state index contributed by atoms with van der Waals surface area (Å²) >= 11 is 0. The van der Waals surface area contributed by atoms with Gasteiger partial charge in [-0.2, -0.15) is 13.2 Å². The number of allylic oxidation sites excluding steroid dienone is 2. The molecule has 30 heavy (non-hydrogen) atoms. The van der Waals surface area contributed by atoms with Crippen molar-refractivity contribution in [2.75, 3.05) is 12.4 Å². The first-order valence-electron chi connectivity index (χ1n) is 9.45. The van der Waals surface area contributed by atoms with Crippen LogP contribution in [0, 0.1) is 17.0 Å². The molecule has 1 unspecified atom stereocenters. The molecule has 0 saturated heterocycles. The number of carbonyl (C=O) groups excluding carboxylic acids is 1. The molecule has 0 amide bonds. The molecule has 0 saturated carbocycles. The van der Waals surface area contributed by atoms with E-state index >= 15 is 4.39 Å². The molecular weight excluding hydrogens is 407 g/mol. The second-order valence-electron chi connectivity index (χ2n) is 6.82. The van der Waals surface area contributed by atoms with E-state index in [0.717, 1.165) is 7.11 Å². The van der Waals surface area contributed by atoms with Crippen LogP contribution in [0.15, 0.2) is 11.6 Å². The maximum Gasteiger partial charge on any atom is 0.408 e. The molecule has 9 heteroatoms. The van der Waals surface area contributed by atoms with E-state index in [1.807, 2.05) is 0 Å². The average molecular weight is 436 g/mol. The van der Waals surface area contributed by atoms with E-state index in [9.17, 15) is 22.4 Å². The number of hydrogen-bond donors (Lipinski definition) is 2. The molecule has 0 aromatic heterocycles. The first-order valence-corrected chi connectivity index (χ1v) is 9.45. The number of esters is 1. The largest absolute Gasteiger partial charge is 0.465 e. The minimum Gasteiger partial charge on any atom is -0.465 e. The van der Waals surface area contributed by atoms with Crippen LogP contribution in [-0.4, -0.2) is 31.0 Å². The highest BCUT2D eigenvalue weighted by molar-refractivity contribution is 6.23. The minimum absolute atomic E-state index is 0.0304. The van der Waals surface area contributed by atoms with Crippen LogP contribution in [-0.2, 0) is 4.74 Å². The standard InChI is InChI=1S/C18H21F5N2O2.C3H8/c1-6-12(18(21,22)23)25-11-7-10(19)14(17(26)27-5)16(20)15(11)13(8(2)3)9(4)24;1-3-2/h7,12,24-25H,6H2,1-5H3;3H2,1-2H3. The summed E-state index contributed by atoms with van der Waals surface area (Å²) < 4.78 is 73.2. The van der Waals surface area contributed by atoms with Crippen LogP contribution < -0.4 is 5.32 Å². The van der Waals surface area contributed by atoms with Gasteiger partial charge >= 0.3 is 12.1 Å². The number of halogens is 5. The highest BCUT2D eigenvalue weighted by atomic mass is 19.4. The van der Waals surface area contributed by atoms with Crippen LogP contribution in [0.5, 0.6) is 0 Å². The van der Waals surface area contributed by atoms with Crippen molar-refractivity contribution in [1.82, 2.24) is 0 Å². The highest BCUT2D eigenvalue weighted by Gasteiger charge is 2.39. The second kappa shape index (κ2) is 11.7. The summed E-state index contributed by atoms with van der Waals surface area (Å²) in [7, 11) is 0.924. The lowest BCUT2D eigenvalue weighted by Crippen LogP contribution is -2.36. The fourth-order valence-electron chi connectivity index (χ4n) is 2.68. The number of alkyl halides is 3. The molecule has 0 fully saturated rings. The fraction of sp³-hybridized carbons (Fsp3) is 0.524. The van der Waals surface area contributed by atoms with Crippen LogP contribution in [0.2, 0.25) is 0 Å². The van der Waals surface area contributed by atoms with E-state index in [4.69, 9.17) is 5.41 Å². The summed E-state index contributed by atoms with van der Waals surface area (Å²) in [5, 5.41) is 9.96. The molecule has 0 aliphatic carbocycles. The Hall–Kier alpha value is -2.45. The fourth-order valence-corrected chi connectivity index (χ4v) is 2.68. The van der Waals surface area contributed by atoms with Crippen molar-refractivity contribution >= 4 is 22.9 Å². The summed E-state index contributed by atoms with van der Waals surface area (Å²) in [6.07, 6.45) is -3.80. The van der Waals surface area contributed by atoms with Crippen LogP contribution in [0.25, 0.3) is 5.57 Å². The molecule has 2 N–H and O–H groups in total. The van der Waals surface area contributed by atoms with Gasteiger partial charge in [0.1, 0.15) is 17.4 Å². The third-order valence-electron chi connectivity index (χ3n) is 3.87. The molecule has 0 bridgehead atoms. The second-order valence-corrected chi connectivity index (χ2v) is 6.82. The van der Waals surface area contributed by atoms with E-state index in [1.54, 1.807) is 0 Å². The molecule has 1 rings (SSSR count). The summed E-state index contributed by atoms with van der Waals surface area (Å²) in [6.45, 7) is 9.88. The van der Waals surface area contributed by atoms with Crippen molar-refractivity contribution < 1.29 is 31.5 Å². The van der Waals surface area contributed by atoms with E-state index in [0.29, 0.717) is 11.6 Å². The third kappa shape index (κ3) is 6.81. The topological polar surface area (TPSA) is 62.2 Å². The number of carbonyl (C=O) groups is 1. The van der Waals surface area contributed by atoms with Gasteiger partial charge in [0.05, 0.1) is 7.11 Å². The van der Waals surface area contributed by atoms with E-state index in [2.05, 4.69) is 23.9 Å². The highest BCUT2D eigenvalue weighted by Crippen LogP contribution is 2.36. The Labute approximate surface area is 174 Å². The van der Waals surface area contributed by atoms with Crippen molar-refractivity contribution in [2.45, 2.75) is 66.6 Å². The molecule has 1 aromatic carbocycles. The Bertz CT molecular complexity index is 798. The SMILES string of the molecule is CCC.CCC(Nc1cc(F)c(C(=O)OC)c(F)c1C(C(C)=N)=C(C)C)C(F)(F)F. The predicted molar refractivity (Wildman–Crippen MR) is 109 cm³/mol. The number of ether oxygens (including phenoxy) is 1. The number of hydrogen-bond acceptors (Lipinski definition) is 4. The first-order chi connectivity index (χ1) is 13.8. The number of nitrogens with one attached hydrogen (secondary N) is 2. The first kappa shape index (κ1) is 27.5. The molecule has 0 aliphatic heterocycles. The summed E-state index contributed by atoms with van der Waals surface area (Å²) in [4.78, 5) is 11.7. The normalized spacial score (nSPS) is 11.7. The van der Waals surface area contributed by atoms with Gasteiger partial charge in [0, 0.05) is 22.5 Å². The smallest absolute Gasteiger partial charge is 0.408 e. The summed E-state index contributed by atoms with van der Waals surface area (Å²) in [5.41, 5.74) is -1.78. The third-order valence-corrected chi connectivity index (χ3v) is 3.87. The monoisotopic (exact) mass is 436 g/mol. The lowest BCUT2D eigenvalue weighted by molar-refractivity contribution is -0.142. The van der Waals surface area contributed by atoms with Gasteiger partial charge in [-0.3, -0.25) is 0 Å². The van der Waals surface area contributed by atoms with E-state index in [1.165, 1.54) is 34.1 Å². The van der Waals surface area contributed by atoms with Crippen molar-refractivity contribution in [3.8, 4) is 0 Å². The van der Waals surface area contributed by atoms with Crippen molar-refractivity contribution in [3.05, 3.63) is 34.4 Å². The van der Waals surface area contributed by atoms with Crippen LogP contribution in [0.1, 0.15) is 70.3 Å². The Morgan fingerprint density at radius 3 is 1.97 bits per heavy atom. The van der Waals surface area contributed by atoms with Gasteiger partial charge in [-0.1, -0.05) is 32.8 Å². The maximum absolute atomic E-state index is 15.1. The van der Waals surface area contributed by atoms with Crippen molar-refractivity contribution in [3.63, 3.8) is 0 Å². The van der Waals surface area contributed by atoms with Crippen LogP contribution in [0.4, 0.5) is 27.6 Å². The Morgan fingerprint density at radius 2 is 1.63 bits per heavy atom. The van der Waals surface area contributed by atoms with Gasteiger partial charge in [0.15, 0.2) is 5.82 Å². The summed E-state index contributed by atoms with van der Waals surface area (Å²) in [6, 6.07) is -1.45. The number of anilines is 1. The van der Waals surface area contributed by atoms with E-state index < -0.39 is 53.1 Å². The Kier molecular flexibility index (Phi) is 10.7. The Morgan fingerprint density at radius 1 is 1.13 bits per heavy atom. The minimum atomic E-state index is -4.66. The molecule has 0 radical (unpaired) electrons. The summed E-state index contributed by atoms with van der Waals surface area (Å²) in [5.74, 6) is -4.06. The zero-order chi connectivity index (χ0) is 23.8. The van der Waals surface area contributed by atoms with Gasteiger partial charge in [0.2, 0.25) is 0 Å². The number of rotatable bonds is 6. The van der Waals surface area contributed by atoms with Gasteiger partial charge in [0.25, 0.3) is 0 Å². The van der Waals surface area contributed by atoms with Crippen LogP contribution in [0.3, 0.4) is 0 Å². The quantitative estimate of drug-likeness (QED) is 0.294. The predicted octanol–water partition coefficient (Wildman–Crippen LogP) is 6.75. The molecule has 170 valence electrons. The van der Waals surface area contributed by atoms with Gasteiger partial charge in [-0.05, 0) is 33.3 Å². The van der Waals surface area contributed by atoms with Gasteiger partial charge in [-0.15, -0.1) is 0 Å². The molecule has 1 aromatic rings. The van der Waals surface area contributed by atoms with Crippen molar-refractivity contribution in [2.24, 2.45) is 0 Å². The van der Waals surface area contributed by atoms with Gasteiger partial charge in [-0.25, -0.2) is 13.6 Å². The molecule has 0 heterocycles. The molecule has 1 atom stereocenters. The lowest BCUT2D eigenvalue weighted by atomic mass is 9.92. The number of benzene rings is 1. The zero-order valence-corrected chi connectivity index (χ0v) is 18.3. The molecular formula is C21H29F5N2O2. The lowest BCUT2D eigenvalue weighted by Gasteiger charge is -2.25. The Balaban J connectivity index is 0.00000263. The average Bonchev–Trinajstić information content (AvgIpc) is 2.60. The van der Waals surface area contributed by atoms with E-state index in [-0.39, 0.29) is 11.3 Å². The van der Waals surface area contributed by atoms with Crippen LogP contribution >= 0.6 is 0 Å². The molecule has 4 nitrogen and oxygen atoms in total. The zero-order valence-electron chi connectivity index (χ0n) is 18.3. The number of methoxy groups -OCH3 is 1. The molecule has 0 aliphatic rings.